The van der Waals surface area contributed by atoms with Gasteiger partial charge in [0.2, 0.25) is 0 Å². The van der Waals surface area contributed by atoms with E-state index in [9.17, 15) is 9.59 Å². The predicted molar refractivity (Wildman–Crippen MR) is 110 cm³/mol. The monoisotopic (exact) mass is 420 g/mol. The Bertz CT molecular complexity index is 899. The Balaban J connectivity index is 1.68. The van der Waals surface area contributed by atoms with Crippen LogP contribution in [0.1, 0.15) is 37.8 Å². The third-order valence-corrected chi connectivity index (χ3v) is 5.43. The van der Waals surface area contributed by atoms with E-state index in [2.05, 4.69) is 19.2 Å². The molecule has 1 saturated heterocycles. The van der Waals surface area contributed by atoms with Crippen molar-refractivity contribution >= 4 is 35.1 Å². The van der Waals surface area contributed by atoms with Crippen LogP contribution in [0.2, 0.25) is 10.0 Å². The SMILES string of the molecule is CC(C)c1ccc([C@]2(C)NC(=O)N(CCOc3ccc(Cl)cc3Cl)C2=O)cc1. The Morgan fingerprint density at radius 2 is 1.79 bits per heavy atom. The van der Waals surface area contributed by atoms with Crippen molar-refractivity contribution in [1.29, 1.82) is 0 Å². The Morgan fingerprint density at radius 3 is 2.39 bits per heavy atom. The Hall–Kier alpha value is -2.24. The van der Waals surface area contributed by atoms with Gasteiger partial charge in [-0.3, -0.25) is 9.69 Å². The normalized spacial score (nSPS) is 19.3. The van der Waals surface area contributed by atoms with Gasteiger partial charge >= 0.3 is 6.03 Å². The van der Waals surface area contributed by atoms with Gasteiger partial charge in [0.1, 0.15) is 17.9 Å². The summed E-state index contributed by atoms with van der Waals surface area (Å²) in [5.41, 5.74) is 0.832. The Labute approximate surface area is 174 Å². The predicted octanol–water partition coefficient (Wildman–Crippen LogP) is 4.96. The summed E-state index contributed by atoms with van der Waals surface area (Å²) in [4.78, 5) is 26.5. The highest BCUT2D eigenvalue weighted by Gasteiger charge is 2.48. The van der Waals surface area contributed by atoms with Gasteiger partial charge in [0.05, 0.1) is 11.6 Å². The number of carbonyl (C=O) groups excluding carboxylic acids is 2. The van der Waals surface area contributed by atoms with Gasteiger partial charge in [-0.25, -0.2) is 4.79 Å². The van der Waals surface area contributed by atoms with Crippen molar-refractivity contribution in [1.82, 2.24) is 10.2 Å². The lowest BCUT2D eigenvalue weighted by atomic mass is 9.90. The number of hydrogen-bond donors (Lipinski definition) is 1. The number of carbonyl (C=O) groups is 2. The fourth-order valence-electron chi connectivity index (χ4n) is 3.14. The van der Waals surface area contributed by atoms with Crippen LogP contribution in [0, 0.1) is 0 Å². The molecule has 0 aliphatic carbocycles. The topological polar surface area (TPSA) is 58.6 Å². The van der Waals surface area contributed by atoms with Crippen LogP contribution >= 0.6 is 23.2 Å². The lowest BCUT2D eigenvalue weighted by molar-refractivity contribution is -0.131. The van der Waals surface area contributed by atoms with E-state index in [1.54, 1.807) is 25.1 Å². The van der Waals surface area contributed by atoms with Crippen molar-refractivity contribution < 1.29 is 14.3 Å². The average molecular weight is 421 g/mol. The standard InChI is InChI=1S/C21H22Cl2N2O3/c1-13(2)14-4-6-15(7-5-14)21(3)19(26)25(20(27)24-21)10-11-28-18-9-8-16(22)12-17(18)23/h4-9,12-13H,10-11H2,1-3H3,(H,24,27)/t21-/m0/s1. The van der Waals surface area contributed by atoms with Crippen molar-refractivity contribution in [2.45, 2.75) is 32.2 Å². The molecule has 1 heterocycles. The molecule has 2 aromatic carbocycles. The molecule has 1 fully saturated rings. The van der Waals surface area contributed by atoms with Gasteiger partial charge in [0.15, 0.2) is 0 Å². The summed E-state index contributed by atoms with van der Waals surface area (Å²) in [5, 5.41) is 3.68. The van der Waals surface area contributed by atoms with E-state index in [4.69, 9.17) is 27.9 Å². The zero-order chi connectivity index (χ0) is 20.5. The van der Waals surface area contributed by atoms with Crippen LogP contribution < -0.4 is 10.1 Å². The number of ether oxygens (including phenoxy) is 1. The zero-order valence-electron chi connectivity index (χ0n) is 16.0. The lowest BCUT2D eigenvalue weighted by Crippen LogP contribution is -2.41. The summed E-state index contributed by atoms with van der Waals surface area (Å²) in [6.07, 6.45) is 0. The summed E-state index contributed by atoms with van der Waals surface area (Å²) in [5.74, 6) is 0.537. The molecule has 0 unspecified atom stereocenters. The van der Waals surface area contributed by atoms with Crippen molar-refractivity contribution in [3.63, 3.8) is 0 Å². The lowest BCUT2D eigenvalue weighted by Gasteiger charge is -2.23. The minimum Gasteiger partial charge on any atom is -0.490 e. The molecule has 3 rings (SSSR count). The first-order valence-electron chi connectivity index (χ1n) is 9.05. The summed E-state index contributed by atoms with van der Waals surface area (Å²) >= 11 is 11.9. The maximum absolute atomic E-state index is 13.0. The number of imide groups is 1. The molecule has 0 radical (unpaired) electrons. The first-order chi connectivity index (χ1) is 13.2. The van der Waals surface area contributed by atoms with E-state index >= 15 is 0 Å². The van der Waals surface area contributed by atoms with E-state index in [0.717, 1.165) is 5.56 Å². The molecular weight excluding hydrogens is 399 g/mol. The second kappa shape index (κ2) is 8.02. The fraction of sp³-hybridized carbons (Fsp3) is 0.333. The van der Waals surface area contributed by atoms with Gasteiger partial charge in [-0.1, -0.05) is 61.3 Å². The molecule has 0 spiro atoms. The van der Waals surface area contributed by atoms with Crippen LogP contribution in [0.15, 0.2) is 42.5 Å². The highest BCUT2D eigenvalue weighted by Crippen LogP contribution is 2.30. The number of halogens is 2. The smallest absolute Gasteiger partial charge is 0.325 e. The molecule has 148 valence electrons. The molecule has 1 aliphatic rings. The summed E-state index contributed by atoms with van der Waals surface area (Å²) in [6, 6.07) is 12.2. The molecule has 0 aromatic heterocycles. The minimum atomic E-state index is -1.09. The van der Waals surface area contributed by atoms with E-state index < -0.39 is 11.6 Å². The zero-order valence-corrected chi connectivity index (χ0v) is 17.5. The van der Waals surface area contributed by atoms with Gasteiger partial charge < -0.3 is 10.1 Å². The van der Waals surface area contributed by atoms with Crippen molar-refractivity contribution in [3.8, 4) is 5.75 Å². The molecule has 1 atom stereocenters. The summed E-state index contributed by atoms with van der Waals surface area (Å²) in [6.45, 7) is 6.17. The highest BCUT2D eigenvalue weighted by molar-refractivity contribution is 6.35. The van der Waals surface area contributed by atoms with E-state index in [0.29, 0.717) is 21.7 Å². The fourth-order valence-corrected chi connectivity index (χ4v) is 3.60. The van der Waals surface area contributed by atoms with Gasteiger partial charge in [0, 0.05) is 5.02 Å². The molecule has 1 aliphatic heterocycles. The summed E-state index contributed by atoms with van der Waals surface area (Å²) in [7, 11) is 0. The molecule has 3 amide bonds. The molecule has 5 nitrogen and oxygen atoms in total. The quantitative estimate of drug-likeness (QED) is 0.671. The summed E-state index contributed by atoms with van der Waals surface area (Å²) < 4.78 is 5.60. The van der Waals surface area contributed by atoms with Crippen LogP contribution in [0.5, 0.6) is 5.75 Å². The molecular formula is C21H22Cl2N2O3. The van der Waals surface area contributed by atoms with Crippen molar-refractivity contribution in [2.24, 2.45) is 0 Å². The maximum atomic E-state index is 13.0. The van der Waals surface area contributed by atoms with E-state index in [1.807, 2.05) is 24.3 Å². The molecule has 28 heavy (non-hydrogen) atoms. The Morgan fingerprint density at radius 1 is 1.11 bits per heavy atom. The number of amides is 3. The van der Waals surface area contributed by atoms with Crippen molar-refractivity contribution in [2.75, 3.05) is 13.2 Å². The van der Waals surface area contributed by atoms with E-state index in [1.165, 1.54) is 10.5 Å². The first kappa shape index (κ1) is 20.5. The molecule has 1 N–H and O–H groups in total. The van der Waals surface area contributed by atoms with Crippen LogP contribution in [0.3, 0.4) is 0 Å². The van der Waals surface area contributed by atoms with Crippen LogP contribution in [0.4, 0.5) is 4.79 Å². The van der Waals surface area contributed by atoms with Gasteiger partial charge in [-0.15, -0.1) is 0 Å². The van der Waals surface area contributed by atoms with Crippen LogP contribution in [0.25, 0.3) is 0 Å². The molecule has 0 saturated carbocycles. The number of nitrogens with one attached hydrogen (secondary N) is 1. The number of rotatable bonds is 6. The minimum absolute atomic E-state index is 0.114. The maximum Gasteiger partial charge on any atom is 0.325 e. The first-order valence-corrected chi connectivity index (χ1v) is 9.80. The third kappa shape index (κ3) is 3.96. The molecule has 2 aromatic rings. The van der Waals surface area contributed by atoms with Crippen LogP contribution in [-0.2, 0) is 10.3 Å². The highest BCUT2D eigenvalue weighted by atomic mass is 35.5. The van der Waals surface area contributed by atoms with Gasteiger partial charge in [0.25, 0.3) is 5.91 Å². The van der Waals surface area contributed by atoms with Gasteiger partial charge in [-0.05, 0) is 42.2 Å². The molecule has 7 heteroatoms. The Kier molecular flexibility index (Phi) is 5.87. The largest absolute Gasteiger partial charge is 0.490 e. The number of hydrogen-bond acceptors (Lipinski definition) is 3. The number of urea groups is 1. The second-order valence-corrected chi connectivity index (χ2v) is 8.06. The van der Waals surface area contributed by atoms with Crippen molar-refractivity contribution in [3.05, 3.63) is 63.6 Å². The third-order valence-electron chi connectivity index (χ3n) is 4.90. The average Bonchev–Trinajstić information content (AvgIpc) is 2.87. The number of benzene rings is 2. The van der Waals surface area contributed by atoms with E-state index in [-0.39, 0.29) is 19.1 Å². The second-order valence-electron chi connectivity index (χ2n) is 7.21. The van der Waals surface area contributed by atoms with Crippen LogP contribution in [-0.4, -0.2) is 30.0 Å². The molecule has 0 bridgehead atoms. The number of nitrogens with zero attached hydrogens (tertiary/aromatic N) is 1. The van der Waals surface area contributed by atoms with Gasteiger partial charge in [-0.2, -0.15) is 0 Å².